The number of H-pyrrole nitrogens is 1. The van der Waals surface area contributed by atoms with Gasteiger partial charge in [-0.15, -0.1) is 0 Å². The molecule has 0 aliphatic heterocycles. The number of aromatic nitrogens is 2. The lowest BCUT2D eigenvalue weighted by molar-refractivity contribution is -0.137. The molecule has 0 aliphatic rings. The molecule has 7 nitrogen and oxygen atoms in total. The maximum Gasteiger partial charge on any atom is 0.336 e. The van der Waals surface area contributed by atoms with E-state index in [1.807, 2.05) is 19.9 Å². The minimum atomic E-state index is -0.680. The number of aryl methyl sites for hydroxylation is 2. The molecular formula is C20H23N3O4. The number of fused-ring (bicyclic) bond motifs is 1. The molecule has 1 amide bonds. The predicted molar refractivity (Wildman–Crippen MR) is 102 cm³/mol. The van der Waals surface area contributed by atoms with Gasteiger partial charge in [0.2, 0.25) is 0 Å². The largest absolute Gasteiger partial charge is 0.481 e. The number of nitrogens with zero attached hydrogens (tertiary/aromatic N) is 2. The fraction of sp³-hybridized carbons (Fsp3) is 0.350. The molecule has 1 aromatic carbocycles. The molecule has 1 unspecified atom stereocenters. The van der Waals surface area contributed by atoms with Gasteiger partial charge in [0.25, 0.3) is 5.91 Å². The van der Waals surface area contributed by atoms with Crippen molar-refractivity contribution in [3.8, 4) is 5.75 Å². The average molecular weight is 369 g/mol. The van der Waals surface area contributed by atoms with E-state index in [4.69, 9.17) is 9.15 Å². The number of ether oxygens (including phenoxy) is 1. The summed E-state index contributed by atoms with van der Waals surface area (Å²) in [5, 5.41) is 7.70. The van der Waals surface area contributed by atoms with Crippen LogP contribution in [-0.4, -0.2) is 34.2 Å². The standard InChI is InChI=1S/C20H23N3O4/c1-5-14-8-19(24)27-18-9-16(6-7-17(14)18)26-13(3)20(25)23(4)11-15-10-21-22-12(15)2/h6-10,13H,5,11H2,1-4H3,(H,21,22). The number of benzene rings is 1. The van der Waals surface area contributed by atoms with Crippen LogP contribution in [0.5, 0.6) is 5.75 Å². The fourth-order valence-corrected chi connectivity index (χ4v) is 3.01. The van der Waals surface area contributed by atoms with Crippen molar-refractivity contribution in [3.05, 3.63) is 57.7 Å². The van der Waals surface area contributed by atoms with Crippen LogP contribution in [0.25, 0.3) is 11.0 Å². The molecule has 142 valence electrons. The van der Waals surface area contributed by atoms with Crippen molar-refractivity contribution in [3.63, 3.8) is 0 Å². The topological polar surface area (TPSA) is 88.4 Å². The van der Waals surface area contributed by atoms with E-state index in [1.54, 1.807) is 37.2 Å². The first-order valence-corrected chi connectivity index (χ1v) is 8.86. The number of amides is 1. The highest BCUT2D eigenvalue weighted by Crippen LogP contribution is 2.24. The van der Waals surface area contributed by atoms with E-state index < -0.39 is 11.7 Å². The third kappa shape index (κ3) is 4.02. The minimum Gasteiger partial charge on any atom is -0.481 e. The molecule has 0 radical (unpaired) electrons. The second kappa shape index (κ2) is 7.65. The molecule has 2 aromatic heterocycles. The Labute approximate surface area is 156 Å². The summed E-state index contributed by atoms with van der Waals surface area (Å²) in [5.74, 6) is 0.326. The van der Waals surface area contributed by atoms with Crippen molar-refractivity contribution in [2.75, 3.05) is 7.05 Å². The first kappa shape index (κ1) is 18.7. The van der Waals surface area contributed by atoms with E-state index in [-0.39, 0.29) is 5.91 Å². The normalized spacial score (nSPS) is 12.1. The lowest BCUT2D eigenvalue weighted by atomic mass is 10.1. The molecular weight excluding hydrogens is 346 g/mol. The van der Waals surface area contributed by atoms with Gasteiger partial charge in [-0.2, -0.15) is 5.10 Å². The number of aromatic amines is 1. The molecule has 0 aliphatic carbocycles. The summed E-state index contributed by atoms with van der Waals surface area (Å²) >= 11 is 0. The zero-order valence-corrected chi connectivity index (χ0v) is 15.9. The smallest absolute Gasteiger partial charge is 0.336 e. The van der Waals surface area contributed by atoms with Gasteiger partial charge in [0.15, 0.2) is 6.10 Å². The van der Waals surface area contributed by atoms with Crippen LogP contribution < -0.4 is 10.4 Å². The van der Waals surface area contributed by atoms with Crippen molar-refractivity contribution in [1.82, 2.24) is 15.1 Å². The van der Waals surface area contributed by atoms with Gasteiger partial charge in [0.1, 0.15) is 11.3 Å². The van der Waals surface area contributed by atoms with Crippen molar-refractivity contribution in [2.45, 2.75) is 39.8 Å². The van der Waals surface area contributed by atoms with Gasteiger partial charge >= 0.3 is 5.63 Å². The van der Waals surface area contributed by atoms with E-state index in [0.29, 0.717) is 17.9 Å². The predicted octanol–water partition coefficient (Wildman–Crippen LogP) is 2.81. The zero-order chi connectivity index (χ0) is 19.6. The first-order chi connectivity index (χ1) is 12.9. The number of nitrogens with one attached hydrogen (secondary N) is 1. The highest BCUT2D eigenvalue weighted by atomic mass is 16.5. The van der Waals surface area contributed by atoms with Crippen molar-refractivity contribution >= 4 is 16.9 Å². The SMILES string of the molecule is CCc1cc(=O)oc2cc(OC(C)C(=O)N(C)Cc3cn[nH]c3C)ccc12. The number of hydrogen-bond donors (Lipinski definition) is 1. The summed E-state index contributed by atoms with van der Waals surface area (Å²) in [6.07, 6.45) is 1.76. The van der Waals surface area contributed by atoms with Crippen LogP contribution in [-0.2, 0) is 17.8 Å². The molecule has 2 heterocycles. The van der Waals surface area contributed by atoms with Gasteiger partial charge in [0, 0.05) is 42.4 Å². The average Bonchev–Trinajstić information content (AvgIpc) is 3.04. The molecule has 27 heavy (non-hydrogen) atoms. The molecule has 3 rings (SSSR count). The van der Waals surface area contributed by atoms with Crippen LogP contribution in [0.4, 0.5) is 0 Å². The van der Waals surface area contributed by atoms with Gasteiger partial charge in [-0.05, 0) is 38.0 Å². The Morgan fingerprint density at radius 2 is 2.11 bits per heavy atom. The number of carbonyl (C=O) groups excluding carboxylic acids is 1. The van der Waals surface area contributed by atoms with Crippen molar-refractivity contribution < 1.29 is 13.9 Å². The Morgan fingerprint density at radius 1 is 1.33 bits per heavy atom. The molecule has 0 spiro atoms. The summed E-state index contributed by atoms with van der Waals surface area (Å²) < 4.78 is 11.1. The Kier molecular flexibility index (Phi) is 5.30. The van der Waals surface area contributed by atoms with E-state index in [1.165, 1.54) is 6.07 Å². The Hall–Kier alpha value is -3.09. The third-order valence-corrected chi connectivity index (χ3v) is 4.56. The monoisotopic (exact) mass is 369 g/mol. The zero-order valence-electron chi connectivity index (χ0n) is 15.9. The number of likely N-dealkylation sites (N-methyl/N-ethyl adjacent to an activating group) is 1. The molecule has 3 aromatic rings. The highest BCUT2D eigenvalue weighted by Gasteiger charge is 2.20. The van der Waals surface area contributed by atoms with E-state index in [2.05, 4.69) is 10.2 Å². The summed E-state index contributed by atoms with van der Waals surface area (Å²) in [6.45, 7) is 6.04. The summed E-state index contributed by atoms with van der Waals surface area (Å²) in [4.78, 5) is 25.9. The quantitative estimate of drug-likeness (QED) is 0.675. The van der Waals surface area contributed by atoms with E-state index in [0.717, 1.165) is 28.6 Å². The van der Waals surface area contributed by atoms with Crippen LogP contribution >= 0.6 is 0 Å². The van der Waals surface area contributed by atoms with E-state index >= 15 is 0 Å². The molecule has 7 heteroatoms. The van der Waals surface area contributed by atoms with Crippen LogP contribution in [0.2, 0.25) is 0 Å². The van der Waals surface area contributed by atoms with Gasteiger partial charge in [-0.25, -0.2) is 4.79 Å². The van der Waals surface area contributed by atoms with Crippen molar-refractivity contribution in [1.29, 1.82) is 0 Å². The van der Waals surface area contributed by atoms with Gasteiger partial charge in [0.05, 0.1) is 6.20 Å². The Balaban J connectivity index is 1.75. The lowest BCUT2D eigenvalue weighted by Gasteiger charge is -2.22. The van der Waals surface area contributed by atoms with Crippen LogP contribution in [0.15, 0.2) is 39.7 Å². The molecule has 1 N–H and O–H groups in total. The molecule has 1 atom stereocenters. The Bertz CT molecular complexity index is 1020. The maximum atomic E-state index is 12.6. The van der Waals surface area contributed by atoms with Gasteiger partial charge < -0.3 is 14.1 Å². The number of rotatable bonds is 6. The van der Waals surface area contributed by atoms with Gasteiger partial charge in [-0.3, -0.25) is 9.89 Å². The lowest BCUT2D eigenvalue weighted by Crippen LogP contribution is -2.37. The molecule has 0 saturated carbocycles. The van der Waals surface area contributed by atoms with Gasteiger partial charge in [-0.1, -0.05) is 6.92 Å². The summed E-state index contributed by atoms with van der Waals surface area (Å²) in [6, 6.07) is 6.79. The second-order valence-electron chi connectivity index (χ2n) is 6.58. The molecule has 0 saturated heterocycles. The number of hydrogen-bond acceptors (Lipinski definition) is 5. The van der Waals surface area contributed by atoms with Crippen LogP contribution in [0.1, 0.15) is 30.7 Å². The minimum absolute atomic E-state index is 0.153. The number of carbonyl (C=O) groups is 1. The fourth-order valence-electron chi connectivity index (χ4n) is 3.01. The van der Waals surface area contributed by atoms with Crippen LogP contribution in [0, 0.1) is 6.92 Å². The Morgan fingerprint density at radius 3 is 2.78 bits per heavy atom. The maximum absolute atomic E-state index is 12.6. The summed E-state index contributed by atoms with van der Waals surface area (Å²) in [7, 11) is 1.72. The van der Waals surface area contributed by atoms with Crippen molar-refractivity contribution in [2.24, 2.45) is 0 Å². The highest BCUT2D eigenvalue weighted by molar-refractivity contribution is 5.83. The molecule has 0 bridgehead atoms. The first-order valence-electron chi connectivity index (χ1n) is 8.86. The second-order valence-corrected chi connectivity index (χ2v) is 6.58. The third-order valence-electron chi connectivity index (χ3n) is 4.56. The van der Waals surface area contributed by atoms with Crippen LogP contribution in [0.3, 0.4) is 0 Å². The summed E-state index contributed by atoms with van der Waals surface area (Å²) in [5.41, 5.74) is 2.87. The molecule has 0 fully saturated rings. The van der Waals surface area contributed by atoms with E-state index in [9.17, 15) is 9.59 Å².